The van der Waals surface area contributed by atoms with Crippen molar-refractivity contribution in [2.24, 2.45) is 0 Å². The average Bonchev–Trinajstić information content (AvgIpc) is 3.28. The summed E-state index contributed by atoms with van der Waals surface area (Å²) in [5.41, 5.74) is 2.50. The summed E-state index contributed by atoms with van der Waals surface area (Å²) in [5, 5.41) is 3.17. The van der Waals surface area contributed by atoms with Gasteiger partial charge in [-0.25, -0.2) is 22.7 Å². The van der Waals surface area contributed by atoms with E-state index in [-0.39, 0.29) is 4.90 Å². The number of ether oxygens (including phenoxy) is 2. The summed E-state index contributed by atoms with van der Waals surface area (Å²) in [6.45, 7) is 0. The lowest BCUT2D eigenvalue weighted by Crippen LogP contribution is -2.23. The highest BCUT2D eigenvalue weighted by Gasteiger charge is 2.22. The summed E-state index contributed by atoms with van der Waals surface area (Å²) in [7, 11) is 2.48. The Balaban J connectivity index is 1.84. The highest BCUT2D eigenvalue weighted by molar-refractivity contribution is 7.89. The number of imidazole rings is 1. The van der Waals surface area contributed by atoms with Gasteiger partial charge in [0.1, 0.15) is 10.5 Å². The number of benzene rings is 2. The van der Waals surface area contributed by atoms with Crippen LogP contribution in [0.1, 0.15) is 0 Å². The fourth-order valence-electron chi connectivity index (χ4n) is 3.27. The Morgan fingerprint density at radius 3 is 2.47 bits per heavy atom. The van der Waals surface area contributed by atoms with Crippen LogP contribution in [-0.2, 0) is 10.0 Å². The van der Waals surface area contributed by atoms with E-state index in [4.69, 9.17) is 14.5 Å². The van der Waals surface area contributed by atoms with Crippen molar-refractivity contribution in [3.8, 4) is 22.8 Å². The number of sulfonamides is 1. The first-order valence-corrected chi connectivity index (χ1v) is 11.1. The molecule has 0 aliphatic carbocycles. The molecule has 0 bridgehead atoms. The van der Waals surface area contributed by atoms with E-state index < -0.39 is 10.0 Å². The molecule has 32 heavy (non-hydrogen) atoms. The molecule has 0 aliphatic rings. The molecule has 0 saturated carbocycles. The minimum atomic E-state index is -3.66. The molecule has 0 radical (unpaired) electrons. The van der Waals surface area contributed by atoms with Gasteiger partial charge in [-0.3, -0.25) is 4.40 Å². The molecule has 2 aromatic heterocycles. The summed E-state index contributed by atoms with van der Waals surface area (Å²) < 4.78 is 39.2. The molecule has 4 aromatic rings. The second-order valence-corrected chi connectivity index (χ2v) is 9.22. The van der Waals surface area contributed by atoms with Crippen molar-refractivity contribution in [3.05, 3.63) is 60.9 Å². The quantitative estimate of drug-likeness (QED) is 0.458. The zero-order chi connectivity index (χ0) is 22.9. The Labute approximate surface area is 186 Å². The summed E-state index contributed by atoms with van der Waals surface area (Å²) in [6.07, 6.45) is 3.41. The smallest absolute Gasteiger partial charge is 0.244 e. The van der Waals surface area contributed by atoms with Gasteiger partial charge >= 0.3 is 0 Å². The predicted octanol–water partition coefficient (Wildman–Crippen LogP) is 3.41. The van der Waals surface area contributed by atoms with Crippen molar-refractivity contribution in [1.82, 2.24) is 18.7 Å². The lowest BCUT2D eigenvalue weighted by molar-refractivity contribution is 0.355. The molecule has 0 fully saturated rings. The van der Waals surface area contributed by atoms with Gasteiger partial charge in [-0.1, -0.05) is 12.1 Å². The van der Waals surface area contributed by atoms with Gasteiger partial charge in [-0.15, -0.1) is 0 Å². The Hall–Kier alpha value is -3.63. The molecule has 10 heteroatoms. The Morgan fingerprint density at radius 1 is 1.00 bits per heavy atom. The fourth-order valence-corrected chi connectivity index (χ4v) is 4.31. The van der Waals surface area contributed by atoms with E-state index in [2.05, 4.69) is 10.3 Å². The lowest BCUT2D eigenvalue weighted by Gasteiger charge is -2.17. The molecule has 166 valence electrons. The first kappa shape index (κ1) is 21.6. The normalized spacial score (nSPS) is 11.7. The molecule has 2 heterocycles. The van der Waals surface area contributed by atoms with Gasteiger partial charge in [0.25, 0.3) is 0 Å². The van der Waals surface area contributed by atoms with Crippen LogP contribution in [0.2, 0.25) is 0 Å². The number of nitrogens with one attached hydrogen (secondary N) is 1. The maximum atomic E-state index is 12.8. The summed E-state index contributed by atoms with van der Waals surface area (Å²) >= 11 is 0. The van der Waals surface area contributed by atoms with Gasteiger partial charge < -0.3 is 14.8 Å². The van der Waals surface area contributed by atoms with Crippen LogP contribution < -0.4 is 14.8 Å². The molecule has 0 atom stereocenters. The van der Waals surface area contributed by atoms with Gasteiger partial charge in [-0.05, 0) is 30.3 Å². The number of fused-ring (bicyclic) bond motifs is 1. The maximum absolute atomic E-state index is 12.8. The highest BCUT2D eigenvalue weighted by Crippen LogP contribution is 2.33. The van der Waals surface area contributed by atoms with Crippen LogP contribution in [0, 0.1) is 0 Å². The molecule has 0 saturated heterocycles. The Kier molecular flexibility index (Phi) is 5.72. The van der Waals surface area contributed by atoms with Crippen LogP contribution >= 0.6 is 0 Å². The minimum Gasteiger partial charge on any atom is -0.493 e. The number of hydrogen-bond acceptors (Lipinski definition) is 7. The van der Waals surface area contributed by atoms with Gasteiger partial charge in [0.15, 0.2) is 11.5 Å². The number of para-hydroxylation sites is 1. The van der Waals surface area contributed by atoms with E-state index in [0.29, 0.717) is 34.5 Å². The SMILES string of the molecule is COc1ccc(-c2cc3nccn3c(Nc3ccccc3S(=O)(=O)N(C)C)n2)cc1OC. The number of rotatable bonds is 7. The van der Waals surface area contributed by atoms with Crippen LogP contribution in [-0.4, -0.2) is 55.4 Å². The van der Waals surface area contributed by atoms with Crippen molar-refractivity contribution in [2.75, 3.05) is 33.6 Å². The monoisotopic (exact) mass is 453 g/mol. The molecular formula is C22H23N5O4S. The van der Waals surface area contributed by atoms with Crippen molar-refractivity contribution in [1.29, 1.82) is 0 Å². The number of methoxy groups -OCH3 is 2. The van der Waals surface area contributed by atoms with Crippen LogP contribution in [0.4, 0.5) is 11.6 Å². The zero-order valence-electron chi connectivity index (χ0n) is 18.1. The molecule has 2 aromatic carbocycles. The van der Waals surface area contributed by atoms with Crippen molar-refractivity contribution in [3.63, 3.8) is 0 Å². The van der Waals surface area contributed by atoms with E-state index in [9.17, 15) is 8.42 Å². The van der Waals surface area contributed by atoms with Crippen molar-refractivity contribution >= 4 is 27.3 Å². The first-order valence-electron chi connectivity index (χ1n) is 9.70. The largest absolute Gasteiger partial charge is 0.493 e. The number of hydrogen-bond donors (Lipinski definition) is 1. The van der Waals surface area contributed by atoms with Gasteiger partial charge in [0.2, 0.25) is 16.0 Å². The molecule has 1 N–H and O–H groups in total. The third-order valence-corrected chi connectivity index (χ3v) is 6.83. The van der Waals surface area contributed by atoms with Gasteiger partial charge in [-0.2, -0.15) is 0 Å². The Morgan fingerprint density at radius 2 is 1.75 bits per heavy atom. The van der Waals surface area contributed by atoms with Gasteiger partial charge in [0.05, 0.1) is 25.6 Å². The molecule has 4 rings (SSSR count). The zero-order valence-corrected chi connectivity index (χ0v) is 18.9. The minimum absolute atomic E-state index is 0.150. The van der Waals surface area contributed by atoms with Crippen molar-refractivity contribution < 1.29 is 17.9 Å². The summed E-state index contributed by atoms with van der Waals surface area (Å²) in [4.78, 5) is 9.28. The predicted molar refractivity (Wildman–Crippen MR) is 122 cm³/mol. The second-order valence-electron chi connectivity index (χ2n) is 7.10. The number of nitrogens with zero attached hydrogens (tertiary/aromatic N) is 4. The standard InChI is InChI=1S/C22H23N5O4S/c1-26(2)32(28,29)20-8-6-5-7-16(20)24-22-25-17(14-21-23-11-12-27(21)22)15-9-10-18(30-3)19(13-15)31-4/h5-14H,1-4H3,(H,24,25). The molecule has 9 nitrogen and oxygen atoms in total. The molecule has 0 spiro atoms. The number of anilines is 2. The first-order chi connectivity index (χ1) is 15.3. The fraction of sp³-hybridized carbons (Fsp3) is 0.182. The third kappa shape index (κ3) is 3.85. The van der Waals surface area contributed by atoms with Crippen LogP contribution in [0.25, 0.3) is 16.9 Å². The molecular weight excluding hydrogens is 430 g/mol. The summed E-state index contributed by atoms with van der Waals surface area (Å²) in [6, 6.07) is 14.0. The Bertz CT molecular complexity index is 1380. The summed E-state index contributed by atoms with van der Waals surface area (Å²) in [5.74, 6) is 1.61. The van der Waals surface area contributed by atoms with E-state index in [1.807, 2.05) is 18.2 Å². The topological polar surface area (TPSA) is 98.1 Å². The van der Waals surface area contributed by atoms with E-state index in [0.717, 1.165) is 5.56 Å². The second kappa shape index (κ2) is 8.48. The molecule has 0 amide bonds. The highest BCUT2D eigenvalue weighted by atomic mass is 32.2. The van der Waals surface area contributed by atoms with Crippen LogP contribution in [0.15, 0.2) is 65.8 Å². The lowest BCUT2D eigenvalue weighted by atomic mass is 10.1. The molecule has 0 aliphatic heterocycles. The van der Waals surface area contributed by atoms with E-state index in [1.54, 1.807) is 61.3 Å². The van der Waals surface area contributed by atoms with E-state index in [1.165, 1.54) is 18.4 Å². The van der Waals surface area contributed by atoms with E-state index >= 15 is 0 Å². The third-order valence-electron chi connectivity index (χ3n) is 4.96. The molecule has 0 unspecified atom stereocenters. The van der Waals surface area contributed by atoms with Gasteiger partial charge in [0, 0.05) is 38.1 Å². The van der Waals surface area contributed by atoms with Crippen LogP contribution in [0.3, 0.4) is 0 Å². The maximum Gasteiger partial charge on any atom is 0.244 e. The average molecular weight is 454 g/mol. The number of aromatic nitrogens is 3. The van der Waals surface area contributed by atoms with Crippen LogP contribution in [0.5, 0.6) is 11.5 Å². The van der Waals surface area contributed by atoms with Crippen molar-refractivity contribution in [2.45, 2.75) is 4.90 Å².